The van der Waals surface area contributed by atoms with Crippen molar-refractivity contribution in [2.24, 2.45) is 10.8 Å². The molecule has 0 heteroatoms. The van der Waals surface area contributed by atoms with Gasteiger partial charge in [0.25, 0.3) is 0 Å². The van der Waals surface area contributed by atoms with Crippen LogP contribution in [0.4, 0.5) is 0 Å². The number of hydrogen-bond donors (Lipinski definition) is 0. The molecule has 0 atom stereocenters. The Bertz CT molecular complexity index is 108. The summed E-state index contributed by atoms with van der Waals surface area (Å²) in [6, 6.07) is 0. The summed E-state index contributed by atoms with van der Waals surface area (Å²) in [5.74, 6) is 0. The quantitative estimate of drug-likeness (QED) is 0.489. The average molecular weight is 214 g/mol. The molecule has 0 aliphatic carbocycles. The van der Waals surface area contributed by atoms with Crippen molar-refractivity contribution in [2.75, 3.05) is 0 Å². The SMILES string of the molecule is C=C.CCC(C)(C)C.CCC(C)(C)CC. The molecule has 0 aliphatic rings. The highest BCUT2D eigenvalue weighted by Gasteiger charge is 2.09. The molecule has 15 heavy (non-hydrogen) atoms. The lowest BCUT2D eigenvalue weighted by molar-refractivity contribution is 0.338. The molecule has 0 N–H and O–H groups in total. The minimum atomic E-state index is 0.542. The molecule has 0 nitrogen and oxygen atoms in total. The molecule has 0 aliphatic heterocycles. The van der Waals surface area contributed by atoms with Crippen molar-refractivity contribution < 1.29 is 0 Å². The van der Waals surface area contributed by atoms with Gasteiger partial charge in [-0.1, -0.05) is 74.7 Å². The van der Waals surface area contributed by atoms with Gasteiger partial charge in [0, 0.05) is 0 Å². The van der Waals surface area contributed by atoms with Gasteiger partial charge < -0.3 is 0 Å². The Morgan fingerprint density at radius 1 is 0.667 bits per heavy atom. The molecular formula is C15H34. The van der Waals surface area contributed by atoms with Gasteiger partial charge in [0.05, 0.1) is 0 Å². The highest BCUT2D eigenvalue weighted by molar-refractivity contribution is 4.61. The lowest BCUT2D eigenvalue weighted by Crippen LogP contribution is -2.05. The van der Waals surface area contributed by atoms with E-state index in [-0.39, 0.29) is 0 Å². The fraction of sp³-hybridized carbons (Fsp3) is 0.867. The fourth-order valence-electron chi connectivity index (χ4n) is 0.250. The van der Waals surface area contributed by atoms with Crippen LogP contribution in [-0.4, -0.2) is 0 Å². The third-order valence-corrected chi connectivity index (χ3v) is 2.97. The third kappa shape index (κ3) is 24.8. The van der Waals surface area contributed by atoms with Crippen molar-refractivity contribution in [3.05, 3.63) is 13.2 Å². The molecule has 0 rings (SSSR count). The highest BCUT2D eigenvalue weighted by Crippen LogP contribution is 2.22. The van der Waals surface area contributed by atoms with E-state index in [2.05, 4.69) is 68.5 Å². The van der Waals surface area contributed by atoms with Crippen LogP contribution in [0.1, 0.15) is 74.7 Å². The summed E-state index contributed by atoms with van der Waals surface area (Å²) >= 11 is 0. The van der Waals surface area contributed by atoms with E-state index in [0.717, 1.165) is 0 Å². The van der Waals surface area contributed by atoms with E-state index in [1.54, 1.807) is 0 Å². The topological polar surface area (TPSA) is 0 Å². The molecule has 0 spiro atoms. The molecule has 0 aromatic rings. The maximum absolute atomic E-state index is 3.00. The third-order valence-electron chi connectivity index (χ3n) is 2.97. The second kappa shape index (κ2) is 10.3. The molecule has 0 fully saturated rings. The maximum atomic E-state index is 3.00. The van der Waals surface area contributed by atoms with Crippen LogP contribution in [0.5, 0.6) is 0 Å². The summed E-state index contributed by atoms with van der Waals surface area (Å²) in [6.07, 6.45) is 3.86. The van der Waals surface area contributed by atoms with Crippen molar-refractivity contribution in [1.29, 1.82) is 0 Å². The Balaban J connectivity index is -0.000000166. The fourth-order valence-corrected chi connectivity index (χ4v) is 0.250. The van der Waals surface area contributed by atoms with Crippen molar-refractivity contribution in [3.63, 3.8) is 0 Å². The van der Waals surface area contributed by atoms with Gasteiger partial charge in [0.1, 0.15) is 0 Å². The van der Waals surface area contributed by atoms with E-state index in [9.17, 15) is 0 Å². The largest absolute Gasteiger partial charge is 0.106 e. The molecule has 0 amide bonds. The molecule has 94 valence electrons. The van der Waals surface area contributed by atoms with Crippen LogP contribution >= 0.6 is 0 Å². The van der Waals surface area contributed by atoms with E-state index in [1.807, 2.05) is 0 Å². The van der Waals surface area contributed by atoms with Crippen molar-refractivity contribution in [1.82, 2.24) is 0 Å². The second-order valence-corrected chi connectivity index (χ2v) is 5.79. The zero-order chi connectivity index (χ0) is 13.1. The van der Waals surface area contributed by atoms with Gasteiger partial charge in [-0.2, -0.15) is 0 Å². The smallest absolute Gasteiger partial charge is 0.0359 e. The van der Waals surface area contributed by atoms with E-state index < -0.39 is 0 Å². The molecule has 0 saturated heterocycles. The minimum Gasteiger partial charge on any atom is -0.106 e. The Kier molecular flexibility index (Phi) is 13.8. The standard InChI is InChI=1S/C7H16.C6H14.C2H4/c1-5-7(3,4)6-2;1-5-6(2,3)4;1-2/h5-6H2,1-4H3;5H2,1-4H3;1-2H2. The van der Waals surface area contributed by atoms with Gasteiger partial charge in [-0.05, 0) is 10.8 Å². The summed E-state index contributed by atoms with van der Waals surface area (Å²) in [5.41, 5.74) is 1.12. The summed E-state index contributed by atoms with van der Waals surface area (Å²) in [5, 5.41) is 0. The van der Waals surface area contributed by atoms with Gasteiger partial charge >= 0.3 is 0 Å². The first-order valence-electron chi connectivity index (χ1n) is 6.18. The zero-order valence-corrected chi connectivity index (χ0v) is 12.5. The van der Waals surface area contributed by atoms with Crippen LogP contribution in [-0.2, 0) is 0 Å². The summed E-state index contributed by atoms with van der Waals surface area (Å²) in [6.45, 7) is 24.0. The van der Waals surface area contributed by atoms with Crippen LogP contribution in [0.2, 0.25) is 0 Å². The predicted octanol–water partition coefficient (Wildman–Crippen LogP) is 6.08. The Hall–Kier alpha value is -0.260. The van der Waals surface area contributed by atoms with E-state index in [1.165, 1.54) is 19.3 Å². The molecule has 0 heterocycles. The lowest BCUT2D eigenvalue weighted by Gasteiger charge is -2.18. The normalized spacial score (nSPS) is 10.7. The van der Waals surface area contributed by atoms with Crippen LogP contribution in [0.15, 0.2) is 13.2 Å². The van der Waals surface area contributed by atoms with Crippen LogP contribution in [0.3, 0.4) is 0 Å². The predicted molar refractivity (Wildman–Crippen MR) is 75.4 cm³/mol. The Morgan fingerprint density at radius 3 is 0.867 bits per heavy atom. The highest BCUT2D eigenvalue weighted by atomic mass is 14.2. The Morgan fingerprint density at radius 2 is 0.867 bits per heavy atom. The van der Waals surface area contributed by atoms with Gasteiger partial charge in [-0.15, -0.1) is 13.2 Å². The number of rotatable bonds is 2. The van der Waals surface area contributed by atoms with Gasteiger partial charge in [-0.3, -0.25) is 0 Å². The lowest BCUT2D eigenvalue weighted by atomic mass is 9.88. The molecule has 0 aromatic heterocycles. The van der Waals surface area contributed by atoms with Crippen LogP contribution in [0.25, 0.3) is 0 Å². The van der Waals surface area contributed by atoms with Gasteiger partial charge in [0.15, 0.2) is 0 Å². The second-order valence-electron chi connectivity index (χ2n) is 5.79. The Labute approximate surface area is 99.2 Å². The molecule has 0 unspecified atom stereocenters. The van der Waals surface area contributed by atoms with Crippen molar-refractivity contribution in [3.8, 4) is 0 Å². The first-order chi connectivity index (χ1) is 6.68. The molecule has 0 radical (unpaired) electrons. The zero-order valence-electron chi connectivity index (χ0n) is 12.5. The van der Waals surface area contributed by atoms with E-state index in [0.29, 0.717) is 10.8 Å². The average Bonchev–Trinajstić information content (AvgIpc) is 2.21. The minimum absolute atomic E-state index is 0.542. The van der Waals surface area contributed by atoms with Crippen LogP contribution < -0.4 is 0 Å². The first kappa shape index (κ1) is 20.2. The maximum Gasteiger partial charge on any atom is -0.0359 e. The summed E-state index contributed by atoms with van der Waals surface area (Å²) < 4.78 is 0. The van der Waals surface area contributed by atoms with E-state index >= 15 is 0 Å². The van der Waals surface area contributed by atoms with E-state index in [4.69, 9.17) is 0 Å². The van der Waals surface area contributed by atoms with Gasteiger partial charge in [-0.25, -0.2) is 0 Å². The first-order valence-corrected chi connectivity index (χ1v) is 6.18. The molecular weight excluding hydrogens is 180 g/mol. The summed E-state index contributed by atoms with van der Waals surface area (Å²) in [4.78, 5) is 0. The molecule has 0 saturated carbocycles. The van der Waals surface area contributed by atoms with Crippen molar-refractivity contribution >= 4 is 0 Å². The number of hydrogen-bond acceptors (Lipinski definition) is 0. The van der Waals surface area contributed by atoms with Gasteiger partial charge in [0.2, 0.25) is 0 Å². The monoisotopic (exact) mass is 214 g/mol. The van der Waals surface area contributed by atoms with Crippen molar-refractivity contribution in [2.45, 2.75) is 74.7 Å². The summed E-state index contributed by atoms with van der Waals surface area (Å²) in [7, 11) is 0. The van der Waals surface area contributed by atoms with Crippen LogP contribution in [0, 0.1) is 10.8 Å². The molecule has 0 bridgehead atoms. The molecule has 0 aromatic carbocycles.